The van der Waals surface area contributed by atoms with E-state index in [0.717, 1.165) is 31.2 Å². The van der Waals surface area contributed by atoms with Crippen molar-refractivity contribution >= 4 is 0 Å². The van der Waals surface area contributed by atoms with Crippen molar-refractivity contribution in [3.05, 3.63) is 35.4 Å². The van der Waals surface area contributed by atoms with Crippen LogP contribution in [0.15, 0.2) is 24.3 Å². The van der Waals surface area contributed by atoms with Gasteiger partial charge in [-0.2, -0.15) is 0 Å². The third-order valence-corrected chi connectivity index (χ3v) is 4.12. The molecule has 0 amide bonds. The van der Waals surface area contributed by atoms with Gasteiger partial charge in [-0.05, 0) is 30.9 Å². The molecule has 0 aromatic heterocycles. The van der Waals surface area contributed by atoms with Gasteiger partial charge in [0.25, 0.3) is 0 Å². The third kappa shape index (κ3) is 5.57. The van der Waals surface area contributed by atoms with Crippen LogP contribution in [0.4, 0.5) is 0 Å². The van der Waals surface area contributed by atoms with E-state index in [-0.39, 0.29) is 18.5 Å². The molecular weight excluding hydrogens is 292 g/mol. The molecule has 4 nitrogen and oxygen atoms in total. The molecule has 4 heteroatoms. The van der Waals surface area contributed by atoms with Gasteiger partial charge in [-0.25, -0.2) is 0 Å². The van der Waals surface area contributed by atoms with Crippen LogP contribution in [0.3, 0.4) is 0 Å². The molecule has 0 radical (unpaired) electrons. The molecule has 1 aromatic carbocycles. The molecular formula is C19H30O4. The fourth-order valence-electron chi connectivity index (χ4n) is 2.92. The Labute approximate surface area is 139 Å². The maximum Gasteiger partial charge on any atom is 0.158 e. The highest BCUT2D eigenvalue weighted by Gasteiger charge is 2.35. The van der Waals surface area contributed by atoms with Crippen molar-refractivity contribution in [1.82, 2.24) is 0 Å². The van der Waals surface area contributed by atoms with Crippen LogP contribution < -0.4 is 0 Å². The minimum absolute atomic E-state index is 0.229. The molecule has 23 heavy (non-hydrogen) atoms. The molecule has 4 atom stereocenters. The van der Waals surface area contributed by atoms with Gasteiger partial charge < -0.3 is 19.3 Å². The second-order valence-corrected chi connectivity index (χ2v) is 6.31. The zero-order valence-electron chi connectivity index (χ0n) is 14.5. The summed E-state index contributed by atoms with van der Waals surface area (Å²) in [4.78, 5) is 0. The van der Waals surface area contributed by atoms with Crippen molar-refractivity contribution in [2.75, 3.05) is 6.61 Å². The van der Waals surface area contributed by atoms with E-state index in [1.54, 1.807) is 6.92 Å². The molecule has 130 valence electrons. The Balaban J connectivity index is 1.92. The van der Waals surface area contributed by atoms with Crippen molar-refractivity contribution in [2.24, 2.45) is 0 Å². The third-order valence-electron chi connectivity index (χ3n) is 4.12. The predicted octanol–water partition coefficient (Wildman–Crippen LogP) is 3.45. The van der Waals surface area contributed by atoms with Crippen LogP contribution in [0.2, 0.25) is 0 Å². The van der Waals surface area contributed by atoms with Gasteiger partial charge in [-0.3, -0.25) is 0 Å². The number of aliphatic hydroxyl groups is 1. The lowest BCUT2D eigenvalue weighted by molar-refractivity contribution is -0.281. The van der Waals surface area contributed by atoms with Gasteiger partial charge in [0.15, 0.2) is 6.29 Å². The lowest BCUT2D eigenvalue weighted by Gasteiger charge is -2.37. The van der Waals surface area contributed by atoms with E-state index >= 15 is 0 Å². The van der Waals surface area contributed by atoms with Crippen molar-refractivity contribution in [3.8, 4) is 0 Å². The van der Waals surface area contributed by atoms with E-state index in [1.807, 2.05) is 0 Å². The highest BCUT2D eigenvalue weighted by atomic mass is 16.7. The summed E-state index contributed by atoms with van der Waals surface area (Å²) in [5.74, 6) is 0. The summed E-state index contributed by atoms with van der Waals surface area (Å²) in [6.07, 6.45) is 2.68. The molecule has 1 heterocycles. The molecule has 1 saturated heterocycles. The van der Waals surface area contributed by atoms with Gasteiger partial charge in [-0.15, -0.1) is 0 Å². The SMILES string of the molecule is CCCc1cccc(CO[C@@H]2CO[C@H](CCC)O[C@@H]2C(C)O)c1. The average molecular weight is 322 g/mol. The van der Waals surface area contributed by atoms with Crippen LogP contribution in [0.5, 0.6) is 0 Å². The summed E-state index contributed by atoms with van der Waals surface area (Å²) < 4.78 is 17.6. The fourth-order valence-corrected chi connectivity index (χ4v) is 2.92. The molecule has 1 fully saturated rings. The second kappa shape index (κ2) is 9.38. The topological polar surface area (TPSA) is 47.9 Å². The zero-order chi connectivity index (χ0) is 16.7. The lowest BCUT2D eigenvalue weighted by Crippen LogP contribution is -2.50. The van der Waals surface area contributed by atoms with Crippen molar-refractivity contribution in [1.29, 1.82) is 0 Å². The first-order chi connectivity index (χ1) is 11.1. The molecule has 0 aliphatic carbocycles. The molecule has 1 aliphatic rings. The molecule has 2 rings (SSSR count). The van der Waals surface area contributed by atoms with Crippen LogP contribution in [-0.2, 0) is 27.2 Å². The number of aryl methyl sites for hydroxylation is 1. The van der Waals surface area contributed by atoms with Crippen molar-refractivity contribution < 1.29 is 19.3 Å². The number of hydrogen-bond donors (Lipinski definition) is 1. The van der Waals surface area contributed by atoms with Gasteiger partial charge >= 0.3 is 0 Å². The summed E-state index contributed by atoms with van der Waals surface area (Å²) in [5.41, 5.74) is 2.48. The van der Waals surface area contributed by atoms with Gasteiger partial charge in [-0.1, -0.05) is 51.0 Å². The smallest absolute Gasteiger partial charge is 0.158 e. The first kappa shape index (κ1) is 18.4. The zero-order valence-corrected chi connectivity index (χ0v) is 14.5. The van der Waals surface area contributed by atoms with Gasteiger partial charge in [0, 0.05) is 0 Å². The standard InChI is InChI=1S/C19H30O4/c1-4-7-15-9-6-10-16(11-15)12-21-17-13-22-18(8-5-2)23-19(17)14(3)20/h6,9-11,14,17-20H,4-5,7-8,12-13H2,1-3H3/t14?,17-,18+,19-/m1/s1. The molecule has 1 aliphatic heterocycles. The van der Waals surface area contributed by atoms with Crippen LogP contribution in [0.1, 0.15) is 51.2 Å². The number of aliphatic hydroxyl groups excluding tert-OH is 1. The predicted molar refractivity (Wildman–Crippen MR) is 90.2 cm³/mol. The number of benzene rings is 1. The molecule has 1 aromatic rings. The second-order valence-electron chi connectivity index (χ2n) is 6.31. The van der Waals surface area contributed by atoms with E-state index in [4.69, 9.17) is 14.2 Å². The van der Waals surface area contributed by atoms with Gasteiger partial charge in [0.05, 0.1) is 19.3 Å². The lowest BCUT2D eigenvalue weighted by atomic mass is 10.1. The Morgan fingerprint density at radius 3 is 2.74 bits per heavy atom. The Morgan fingerprint density at radius 2 is 2.04 bits per heavy atom. The first-order valence-electron chi connectivity index (χ1n) is 8.78. The monoisotopic (exact) mass is 322 g/mol. The van der Waals surface area contributed by atoms with E-state index in [0.29, 0.717) is 13.2 Å². The fraction of sp³-hybridized carbons (Fsp3) is 0.684. The summed E-state index contributed by atoms with van der Waals surface area (Å²) in [5, 5.41) is 9.98. The molecule has 0 spiro atoms. The first-order valence-corrected chi connectivity index (χ1v) is 8.78. The van der Waals surface area contributed by atoms with E-state index < -0.39 is 6.10 Å². The Morgan fingerprint density at radius 1 is 1.26 bits per heavy atom. The average Bonchev–Trinajstić information content (AvgIpc) is 2.54. The van der Waals surface area contributed by atoms with Crippen molar-refractivity contribution in [2.45, 2.75) is 77.7 Å². The van der Waals surface area contributed by atoms with Gasteiger partial charge in [0.1, 0.15) is 12.2 Å². The highest BCUT2D eigenvalue weighted by molar-refractivity contribution is 5.23. The Hall–Kier alpha value is -0.940. The summed E-state index contributed by atoms with van der Waals surface area (Å²) in [7, 11) is 0. The van der Waals surface area contributed by atoms with E-state index in [1.165, 1.54) is 5.56 Å². The Kier molecular flexibility index (Phi) is 7.50. The molecule has 0 saturated carbocycles. The normalized spacial score (nSPS) is 26.2. The minimum Gasteiger partial charge on any atom is -0.391 e. The molecule has 1 N–H and O–H groups in total. The van der Waals surface area contributed by atoms with Crippen molar-refractivity contribution in [3.63, 3.8) is 0 Å². The summed E-state index contributed by atoms with van der Waals surface area (Å²) in [6.45, 7) is 7.00. The van der Waals surface area contributed by atoms with Crippen LogP contribution in [-0.4, -0.2) is 36.3 Å². The number of rotatable bonds is 8. The number of ether oxygens (including phenoxy) is 3. The van der Waals surface area contributed by atoms with Crippen LogP contribution >= 0.6 is 0 Å². The maximum atomic E-state index is 9.98. The molecule has 0 bridgehead atoms. The quantitative estimate of drug-likeness (QED) is 0.796. The number of hydrogen-bond acceptors (Lipinski definition) is 4. The highest BCUT2D eigenvalue weighted by Crippen LogP contribution is 2.22. The maximum absolute atomic E-state index is 9.98. The molecule has 1 unspecified atom stereocenters. The Bertz CT molecular complexity index is 460. The minimum atomic E-state index is -0.574. The van der Waals surface area contributed by atoms with Gasteiger partial charge in [0.2, 0.25) is 0 Å². The largest absolute Gasteiger partial charge is 0.391 e. The summed E-state index contributed by atoms with van der Waals surface area (Å²) in [6, 6.07) is 8.47. The van der Waals surface area contributed by atoms with E-state index in [9.17, 15) is 5.11 Å². The van der Waals surface area contributed by atoms with Crippen LogP contribution in [0.25, 0.3) is 0 Å². The summed E-state index contributed by atoms with van der Waals surface area (Å²) >= 11 is 0. The van der Waals surface area contributed by atoms with E-state index in [2.05, 4.69) is 38.1 Å². The van der Waals surface area contributed by atoms with Crippen LogP contribution in [0, 0.1) is 0 Å².